The zero-order chi connectivity index (χ0) is 15.3. The van der Waals surface area contributed by atoms with Gasteiger partial charge in [0.2, 0.25) is 5.88 Å². The van der Waals surface area contributed by atoms with Crippen molar-refractivity contribution in [2.75, 3.05) is 11.8 Å². The molecule has 0 atom stereocenters. The predicted octanol–water partition coefficient (Wildman–Crippen LogP) is 1.96. The Bertz CT molecular complexity index is 748. The minimum atomic E-state index is -3.68. The van der Waals surface area contributed by atoms with E-state index in [4.69, 9.17) is 10.00 Å². The number of nitriles is 1. The SMILES string of the molecule is COc1ccc(NS(=O)(=O)c2ccc(CC#N)cc2)cn1. The monoisotopic (exact) mass is 303 g/mol. The minimum absolute atomic E-state index is 0.125. The average Bonchev–Trinajstić information content (AvgIpc) is 2.48. The van der Waals surface area contributed by atoms with Crippen molar-refractivity contribution in [2.45, 2.75) is 11.3 Å². The quantitative estimate of drug-likeness (QED) is 0.911. The molecule has 0 aliphatic carbocycles. The molecule has 0 spiro atoms. The van der Waals surface area contributed by atoms with Crippen molar-refractivity contribution in [3.8, 4) is 11.9 Å². The number of nitrogens with one attached hydrogen (secondary N) is 1. The van der Waals surface area contributed by atoms with Gasteiger partial charge in [0.1, 0.15) is 0 Å². The lowest BCUT2D eigenvalue weighted by Gasteiger charge is -2.08. The molecular formula is C14H13N3O3S. The van der Waals surface area contributed by atoms with Crippen LogP contribution in [0.15, 0.2) is 47.5 Å². The molecule has 1 heterocycles. The van der Waals surface area contributed by atoms with Gasteiger partial charge < -0.3 is 4.74 Å². The zero-order valence-electron chi connectivity index (χ0n) is 11.3. The number of benzene rings is 1. The average molecular weight is 303 g/mol. The van der Waals surface area contributed by atoms with Crippen LogP contribution in [-0.4, -0.2) is 20.5 Å². The summed E-state index contributed by atoms with van der Waals surface area (Å²) in [7, 11) is -2.20. The highest BCUT2D eigenvalue weighted by Crippen LogP contribution is 2.17. The van der Waals surface area contributed by atoms with Gasteiger partial charge in [0.15, 0.2) is 0 Å². The Kier molecular flexibility index (Phi) is 4.40. The maximum Gasteiger partial charge on any atom is 0.261 e. The van der Waals surface area contributed by atoms with Crippen LogP contribution in [0.25, 0.3) is 0 Å². The lowest BCUT2D eigenvalue weighted by atomic mass is 10.2. The molecule has 108 valence electrons. The standard InChI is InChI=1S/C14H13N3O3S/c1-20-14-7-4-12(10-16-14)17-21(18,19)13-5-2-11(3-6-13)8-9-15/h2-7,10,17H,8H2,1H3. The summed E-state index contributed by atoms with van der Waals surface area (Å²) < 4.78 is 31.7. The molecule has 0 fully saturated rings. The first-order chi connectivity index (χ1) is 10.0. The Morgan fingerprint density at radius 3 is 2.48 bits per heavy atom. The van der Waals surface area contributed by atoms with Crippen molar-refractivity contribution in [3.05, 3.63) is 48.2 Å². The van der Waals surface area contributed by atoms with E-state index < -0.39 is 10.0 Å². The normalized spacial score (nSPS) is 10.7. The summed E-state index contributed by atoms with van der Waals surface area (Å²) in [6, 6.07) is 11.3. The maximum atomic E-state index is 12.2. The summed E-state index contributed by atoms with van der Waals surface area (Å²) in [6.07, 6.45) is 1.62. The van der Waals surface area contributed by atoms with Crippen LogP contribution in [0, 0.1) is 11.3 Å². The van der Waals surface area contributed by atoms with Gasteiger partial charge in [-0.05, 0) is 23.8 Å². The number of sulfonamides is 1. The van der Waals surface area contributed by atoms with Gasteiger partial charge in [0.05, 0.1) is 36.4 Å². The van der Waals surface area contributed by atoms with Gasteiger partial charge in [0, 0.05) is 6.07 Å². The number of methoxy groups -OCH3 is 1. The Morgan fingerprint density at radius 1 is 1.24 bits per heavy atom. The largest absolute Gasteiger partial charge is 0.481 e. The number of anilines is 1. The van der Waals surface area contributed by atoms with Crippen LogP contribution in [0.1, 0.15) is 5.56 Å². The number of aromatic nitrogens is 1. The van der Waals surface area contributed by atoms with E-state index in [9.17, 15) is 8.42 Å². The summed E-state index contributed by atoms with van der Waals surface area (Å²) in [5.41, 5.74) is 1.11. The highest BCUT2D eigenvalue weighted by molar-refractivity contribution is 7.92. The number of pyridine rings is 1. The molecule has 0 bridgehead atoms. The first-order valence-corrected chi connectivity index (χ1v) is 7.52. The van der Waals surface area contributed by atoms with E-state index >= 15 is 0 Å². The van der Waals surface area contributed by atoms with Crippen LogP contribution in [0.5, 0.6) is 5.88 Å². The van der Waals surface area contributed by atoms with Crippen molar-refractivity contribution in [1.29, 1.82) is 5.26 Å². The Labute approximate surface area is 123 Å². The fourth-order valence-corrected chi connectivity index (χ4v) is 2.70. The van der Waals surface area contributed by atoms with Crippen molar-refractivity contribution >= 4 is 15.7 Å². The molecule has 0 amide bonds. The molecule has 0 saturated heterocycles. The summed E-state index contributed by atoms with van der Waals surface area (Å²) in [5.74, 6) is 0.402. The lowest BCUT2D eigenvalue weighted by molar-refractivity contribution is 0.398. The Morgan fingerprint density at radius 2 is 1.95 bits per heavy atom. The predicted molar refractivity (Wildman–Crippen MR) is 77.4 cm³/mol. The molecule has 1 aromatic heterocycles. The van der Waals surface area contributed by atoms with Gasteiger partial charge in [0.25, 0.3) is 10.0 Å². The van der Waals surface area contributed by atoms with Crippen LogP contribution in [0.4, 0.5) is 5.69 Å². The molecule has 2 rings (SSSR count). The van der Waals surface area contributed by atoms with Gasteiger partial charge in [-0.15, -0.1) is 0 Å². The van der Waals surface area contributed by atoms with Crippen LogP contribution in [0.3, 0.4) is 0 Å². The summed E-state index contributed by atoms with van der Waals surface area (Å²) >= 11 is 0. The summed E-state index contributed by atoms with van der Waals surface area (Å²) in [6.45, 7) is 0. The van der Waals surface area contributed by atoms with Crippen molar-refractivity contribution < 1.29 is 13.2 Å². The van der Waals surface area contributed by atoms with Crippen LogP contribution >= 0.6 is 0 Å². The van der Waals surface area contributed by atoms with Crippen LogP contribution < -0.4 is 9.46 Å². The number of ether oxygens (including phenoxy) is 1. The highest BCUT2D eigenvalue weighted by Gasteiger charge is 2.14. The molecule has 0 radical (unpaired) electrons. The summed E-state index contributed by atoms with van der Waals surface area (Å²) in [5, 5.41) is 8.59. The maximum absolute atomic E-state index is 12.2. The Hall–Kier alpha value is -2.59. The molecular weight excluding hydrogens is 290 g/mol. The third-order valence-electron chi connectivity index (χ3n) is 2.71. The number of hydrogen-bond donors (Lipinski definition) is 1. The topological polar surface area (TPSA) is 92.1 Å². The number of nitrogens with zero attached hydrogens (tertiary/aromatic N) is 2. The second-order valence-corrected chi connectivity index (χ2v) is 5.86. The van der Waals surface area contributed by atoms with E-state index in [0.29, 0.717) is 11.6 Å². The molecule has 6 nitrogen and oxygen atoms in total. The fraction of sp³-hybridized carbons (Fsp3) is 0.143. The molecule has 0 aliphatic rings. The number of rotatable bonds is 5. The van der Waals surface area contributed by atoms with Crippen molar-refractivity contribution in [3.63, 3.8) is 0 Å². The molecule has 0 aliphatic heterocycles. The third-order valence-corrected chi connectivity index (χ3v) is 4.11. The van der Waals surface area contributed by atoms with E-state index in [1.165, 1.54) is 25.4 Å². The van der Waals surface area contributed by atoms with Crippen molar-refractivity contribution in [2.24, 2.45) is 0 Å². The molecule has 0 unspecified atom stereocenters. The first kappa shape index (κ1) is 14.8. The van der Waals surface area contributed by atoms with E-state index in [-0.39, 0.29) is 11.3 Å². The molecule has 2 aromatic rings. The van der Waals surface area contributed by atoms with Gasteiger partial charge in [-0.1, -0.05) is 12.1 Å². The second-order valence-electron chi connectivity index (χ2n) is 4.17. The number of hydrogen-bond acceptors (Lipinski definition) is 5. The molecule has 0 saturated carbocycles. The highest BCUT2D eigenvalue weighted by atomic mass is 32.2. The smallest absolute Gasteiger partial charge is 0.261 e. The van der Waals surface area contributed by atoms with Crippen LogP contribution in [-0.2, 0) is 16.4 Å². The molecule has 21 heavy (non-hydrogen) atoms. The molecule has 1 aromatic carbocycles. The lowest BCUT2D eigenvalue weighted by Crippen LogP contribution is -2.13. The van der Waals surface area contributed by atoms with E-state index in [1.54, 1.807) is 24.3 Å². The first-order valence-electron chi connectivity index (χ1n) is 6.04. The molecule has 7 heteroatoms. The van der Waals surface area contributed by atoms with E-state index in [1.807, 2.05) is 6.07 Å². The minimum Gasteiger partial charge on any atom is -0.481 e. The van der Waals surface area contributed by atoms with E-state index in [0.717, 1.165) is 5.56 Å². The van der Waals surface area contributed by atoms with Gasteiger partial charge >= 0.3 is 0 Å². The van der Waals surface area contributed by atoms with Gasteiger partial charge in [-0.25, -0.2) is 13.4 Å². The summed E-state index contributed by atoms with van der Waals surface area (Å²) in [4.78, 5) is 4.05. The zero-order valence-corrected chi connectivity index (χ0v) is 12.1. The van der Waals surface area contributed by atoms with Crippen LogP contribution in [0.2, 0.25) is 0 Å². The molecule has 1 N–H and O–H groups in total. The second kappa shape index (κ2) is 6.24. The van der Waals surface area contributed by atoms with E-state index in [2.05, 4.69) is 9.71 Å². The third kappa shape index (κ3) is 3.70. The van der Waals surface area contributed by atoms with Gasteiger partial charge in [-0.3, -0.25) is 4.72 Å². The Balaban J connectivity index is 2.19. The fourth-order valence-electron chi connectivity index (χ4n) is 1.65. The van der Waals surface area contributed by atoms with Crippen molar-refractivity contribution in [1.82, 2.24) is 4.98 Å². The van der Waals surface area contributed by atoms with Gasteiger partial charge in [-0.2, -0.15) is 5.26 Å².